The molecule has 1 unspecified atom stereocenters. The third-order valence-corrected chi connectivity index (χ3v) is 3.99. The van der Waals surface area contributed by atoms with Crippen molar-refractivity contribution in [1.82, 2.24) is 4.90 Å². The van der Waals surface area contributed by atoms with Crippen molar-refractivity contribution in [2.24, 2.45) is 0 Å². The first-order valence-corrected chi connectivity index (χ1v) is 7.39. The molecule has 0 aromatic heterocycles. The fourth-order valence-corrected chi connectivity index (χ4v) is 2.84. The number of carbonyl (C=O) groups excluding carboxylic acids is 1. The van der Waals surface area contributed by atoms with Crippen LogP contribution in [-0.4, -0.2) is 40.9 Å². The fraction of sp³-hybridized carbons (Fsp3) is 0.500. The van der Waals surface area contributed by atoms with Gasteiger partial charge in [-0.1, -0.05) is 6.92 Å². The van der Waals surface area contributed by atoms with Crippen molar-refractivity contribution in [2.45, 2.75) is 30.8 Å². The number of benzene rings is 1. The van der Waals surface area contributed by atoms with Gasteiger partial charge in [-0.2, -0.15) is 0 Å². The van der Waals surface area contributed by atoms with E-state index in [1.54, 1.807) is 16.7 Å². The van der Waals surface area contributed by atoms with E-state index in [1.807, 2.05) is 24.3 Å². The van der Waals surface area contributed by atoms with Crippen molar-refractivity contribution in [3.8, 4) is 0 Å². The lowest BCUT2D eigenvalue weighted by atomic mass is 10.1. The molecule has 0 aliphatic carbocycles. The molecule has 1 aliphatic heterocycles. The Labute approximate surface area is 112 Å². The molecule has 98 valence electrons. The topological polar surface area (TPSA) is 40.5 Å². The second kappa shape index (κ2) is 6.25. The smallest absolute Gasteiger partial charge is 0.253 e. The maximum Gasteiger partial charge on any atom is 0.253 e. The third-order valence-electron chi connectivity index (χ3n) is 3.10. The Morgan fingerprint density at radius 2 is 2.17 bits per heavy atom. The molecular formula is C14H19NO2S. The second-order valence-electron chi connectivity index (χ2n) is 4.50. The number of likely N-dealkylation sites (tertiary alicyclic amines) is 1. The highest BCUT2D eigenvalue weighted by atomic mass is 32.2. The van der Waals surface area contributed by atoms with Crippen LogP contribution in [0.15, 0.2) is 29.2 Å². The summed E-state index contributed by atoms with van der Waals surface area (Å²) < 4.78 is 0. The number of amides is 1. The first-order valence-electron chi connectivity index (χ1n) is 6.41. The lowest BCUT2D eigenvalue weighted by Gasteiger charge is -2.30. The molecule has 1 heterocycles. The zero-order chi connectivity index (χ0) is 13.0. The van der Waals surface area contributed by atoms with Gasteiger partial charge in [0.15, 0.2) is 0 Å². The molecule has 1 aromatic rings. The van der Waals surface area contributed by atoms with Crippen LogP contribution in [0.4, 0.5) is 0 Å². The SMILES string of the molecule is CCSc1ccc(C(=O)N2CCCC(O)C2)cc1. The van der Waals surface area contributed by atoms with Crippen molar-refractivity contribution < 1.29 is 9.90 Å². The van der Waals surface area contributed by atoms with Crippen LogP contribution in [0.1, 0.15) is 30.1 Å². The fourth-order valence-electron chi connectivity index (χ4n) is 2.18. The molecule has 2 rings (SSSR count). The summed E-state index contributed by atoms with van der Waals surface area (Å²) >= 11 is 1.77. The molecule has 0 radical (unpaired) electrons. The molecule has 0 bridgehead atoms. The van der Waals surface area contributed by atoms with Crippen LogP contribution < -0.4 is 0 Å². The number of aliphatic hydroxyl groups excluding tert-OH is 1. The summed E-state index contributed by atoms with van der Waals surface area (Å²) in [5.41, 5.74) is 0.713. The van der Waals surface area contributed by atoms with Gasteiger partial charge in [0.25, 0.3) is 5.91 Å². The molecule has 1 saturated heterocycles. The summed E-state index contributed by atoms with van der Waals surface area (Å²) in [6, 6.07) is 7.73. The van der Waals surface area contributed by atoms with E-state index in [2.05, 4.69) is 6.92 Å². The molecule has 0 spiro atoms. The van der Waals surface area contributed by atoms with E-state index in [-0.39, 0.29) is 12.0 Å². The summed E-state index contributed by atoms with van der Waals surface area (Å²) in [5, 5.41) is 9.59. The number of hydrogen-bond donors (Lipinski definition) is 1. The van der Waals surface area contributed by atoms with Crippen molar-refractivity contribution in [3.05, 3.63) is 29.8 Å². The normalized spacial score (nSPS) is 19.9. The predicted octanol–water partition coefficient (Wildman–Crippen LogP) is 2.40. The second-order valence-corrected chi connectivity index (χ2v) is 5.84. The molecule has 3 nitrogen and oxygen atoms in total. The highest BCUT2D eigenvalue weighted by Gasteiger charge is 2.22. The maximum atomic E-state index is 12.2. The number of nitrogens with zero attached hydrogens (tertiary/aromatic N) is 1. The largest absolute Gasteiger partial charge is 0.391 e. The predicted molar refractivity (Wildman–Crippen MR) is 74.0 cm³/mol. The van der Waals surface area contributed by atoms with E-state index < -0.39 is 0 Å². The van der Waals surface area contributed by atoms with E-state index in [0.717, 1.165) is 25.1 Å². The Morgan fingerprint density at radius 3 is 2.78 bits per heavy atom. The molecular weight excluding hydrogens is 246 g/mol. The van der Waals surface area contributed by atoms with Gasteiger partial charge >= 0.3 is 0 Å². The summed E-state index contributed by atoms with van der Waals surface area (Å²) in [5.74, 6) is 1.06. The van der Waals surface area contributed by atoms with Gasteiger partial charge in [0.2, 0.25) is 0 Å². The summed E-state index contributed by atoms with van der Waals surface area (Å²) in [4.78, 5) is 15.2. The summed E-state index contributed by atoms with van der Waals surface area (Å²) in [6.07, 6.45) is 1.32. The van der Waals surface area contributed by atoms with Crippen LogP contribution in [0.2, 0.25) is 0 Å². The van der Waals surface area contributed by atoms with E-state index in [1.165, 1.54) is 4.90 Å². The lowest BCUT2D eigenvalue weighted by molar-refractivity contribution is 0.0473. The number of thioether (sulfide) groups is 1. The zero-order valence-electron chi connectivity index (χ0n) is 10.6. The Balaban J connectivity index is 2.03. The standard InChI is InChI=1S/C14H19NO2S/c1-2-18-13-7-5-11(6-8-13)14(17)15-9-3-4-12(16)10-15/h5-8,12,16H,2-4,9-10H2,1H3. The quantitative estimate of drug-likeness (QED) is 0.853. The van der Waals surface area contributed by atoms with Gasteiger partial charge in [-0.3, -0.25) is 4.79 Å². The van der Waals surface area contributed by atoms with Crippen LogP contribution in [0, 0.1) is 0 Å². The van der Waals surface area contributed by atoms with Crippen LogP contribution >= 0.6 is 11.8 Å². The van der Waals surface area contributed by atoms with Crippen LogP contribution in [-0.2, 0) is 0 Å². The highest BCUT2D eigenvalue weighted by molar-refractivity contribution is 7.99. The minimum absolute atomic E-state index is 0.0294. The molecule has 4 heteroatoms. The minimum atomic E-state index is -0.363. The zero-order valence-corrected chi connectivity index (χ0v) is 11.4. The number of hydrogen-bond acceptors (Lipinski definition) is 3. The van der Waals surface area contributed by atoms with Gasteiger partial charge in [0.1, 0.15) is 0 Å². The lowest BCUT2D eigenvalue weighted by Crippen LogP contribution is -2.42. The number of carbonyl (C=O) groups is 1. The summed E-state index contributed by atoms with van der Waals surface area (Å²) in [6.45, 7) is 3.32. The molecule has 1 aliphatic rings. The van der Waals surface area contributed by atoms with Gasteiger partial charge in [-0.15, -0.1) is 11.8 Å². The molecule has 1 amide bonds. The molecule has 0 saturated carbocycles. The van der Waals surface area contributed by atoms with E-state index >= 15 is 0 Å². The minimum Gasteiger partial charge on any atom is -0.391 e. The van der Waals surface area contributed by atoms with Crippen molar-refractivity contribution >= 4 is 17.7 Å². The van der Waals surface area contributed by atoms with Gasteiger partial charge in [-0.25, -0.2) is 0 Å². The number of piperidine rings is 1. The summed E-state index contributed by atoms with van der Waals surface area (Å²) in [7, 11) is 0. The Kier molecular flexibility index (Phi) is 4.66. The maximum absolute atomic E-state index is 12.2. The number of rotatable bonds is 3. The van der Waals surface area contributed by atoms with Gasteiger partial charge < -0.3 is 10.0 Å². The monoisotopic (exact) mass is 265 g/mol. The Bertz CT molecular complexity index is 405. The Hall–Kier alpha value is -1.00. The van der Waals surface area contributed by atoms with Gasteiger partial charge in [0.05, 0.1) is 6.10 Å². The third kappa shape index (κ3) is 3.27. The van der Waals surface area contributed by atoms with Gasteiger partial charge in [-0.05, 0) is 42.9 Å². The average molecular weight is 265 g/mol. The average Bonchev–Trinajstić information content (AvgIpc) is 2.39. The van der Waals surface area contributed by atoms with Crippen molar-refractivity contribution in [2.75, 3.05) is 18.8 Å². The van der Waals surface area contributed by atoms with E-state index in [9.17, 15) is 9.90 Å². The molecule has 18 heavy (non-hydrogen) atoms. The van der Waals surface area contributed by atoms with Crippen molar-refractivity contribution in [1.29, 1.82) is 0 Å². The first-order chi connectivity index (χ1) is 8.70. The van der Waals surface area contributed by atoms with E-state index in [0.29, 0.717) is 12.1 Å². The molecule has 1 atom stereocenters. The van der Waals surface area contributed by atoms with E-state index in [4.69, 9.17) is 0 Å². The van der Waals surface area contributed by atoms with Crippen LogP contribution in [0.3, 0.4) is 0 Å². The molecule has 1 N–H and O–H groups in total. The number of aliphatic hydroxyl groups is 1. The van der Waals surface area contributed by atoms with Crippen molar-refractivity contribution in [3.63, 3.8) is 0 Å². The molecule has 1 aromatic carbocycles. The van der Waals surface area contributed by atoms with Crippen LogP contribution in [0.5, 0.6) is 0 Å². The number of β-amino-alcohol motifs (C(OH)–C–C–N with tert-alkyl or cyclic N) is 1. The first kappa shape index (κ1) is 13.4. The molecule has 1 fully saturated rings. The highest BCUT2D eigenvalue weighted by Crippen LogP contribution is 2.19. The Morgan fingerprint density at radius 1 is 1.44 bits per heavy atom. The van der Waals surface area contributed by atoms with Gasteiger partial charge in [0, 0.05) is 23.5 Å². The van der Waals surface area contributed by atoms with Crippen LogP contribution in [0.25, 0.3) is 0 Å².